The number of aromatic nitrogens is 1. The first-order valence-corrected chi connectivity index (χ1v) is 6.87. The van der Waals surface area contributed by atoms with Crippen molar-refractivity contribution in [3.8, 4) is 17.2 Å². The van der Waals surface area contributed by atoms with E-state index in [0.717, 1.165) is 27.5 Å². The van der Waals surface area contributed by atoms with Gasteiger partial charge in [0.1, 0.15) is 0 Å². The molecule has 0 fully saturated rings. The van der Waals surface area contributed by atoms with E-state index >= 15 is 0 Å². The highest BCUT2D eigenvalue weighted by atomic mass is 14.7. The summed E-state index contributed by atoms with van der Waals surface area (Å²) in [4.78, 5) is 3.47. The Balaban J connectivity index is 2.19. The summed E-state index contributed by atoms with van der Waals surface area (Å²) in [5, 5.41) is 11.8. The molecule has 1 N–H and O–H groups in total. The molecule has 1 aromatic heterocycles. The monoisotopic (exact) mass is 268 g/mol. The van der Waals surface area contributed by atoms with E-state index in [1.807, 2.05) is 54.6 Å². The number of para-hydroxylation sites is 1. The molecule has 0 spiro atoms. The lowest BCUT2D eigenvalue weighted by Crippen LogP contribution is -1.86. The number of benzene rings is 3. The fourth-order valence-corrected chi connectivity index (χ4v) is 2.92. The molecule has 4 aromatic rings. The molecule has 0 aliphatic rings. The van der Waals surface area contributed by atoms with Crippen molar-refractivity contribution in [3.05, 3.63) is 72.3 Å². The van der Waals surface area contributed by atoms with Crippen LogP contribution in [0.1, 0.15) is 5.56 Å². The molecule has 0 unspecified atom stereocenters. The van der Waals surface area contributed by atoms with E-state index in [1.165, 1.54) is 5.39 Å². The van der Waals surface area contributed by atoms with E-state index in [2.05, 4.69) is 23.2 Å². The minimum atomic E-state index is 0.695. The maximum absolute atomic E-state index is 9.45. The van der Waals surface area contributed by atoms with Crippen LogP contribution in [-0.4, -0.2) is 4.98 Å². The summed E-state index contributed by atoms with van der Waals surface area (Å²) >= 11 is 0. The summed E-state index contributed by atoms with van der Waals surface area (Å²) in [6, 6.07) is 24.5. The van der Waals surface area contributed by atoms with Gasteiger partial charge in [-0.05, 0) is 17.7 Å². The molecule has 0 bridgehead atoms. The summed E-state index contributed by atoms with van der Waals surface area (Å²) in [6.45, 7) is 0. The number of nitrogens with one attached hydrogen (secondary N) is 1. The Labute approximate surface area is 122 Å². The summed E-state index contributed by atoms with van der Waals surface area (Å²) in [5.74, 6) is 0. The fraction of sp³-hybridized carbons (Fsp3) is 0. The van der Waals surface area contributed by atoms with Crippen LogP contribution in [0.15, 0.2) is 66.7 Å². The Morgan fingerprint density at radius 1 is 0.762 bits per heavy atom. The van der Waals surface area contributed by atoms with Crippen molar-refractivity contribution in [3.63, 3.8) is 0 Å². The number of rotatable bonds is 1. The second-order valence-corrected chi connectivity index (χ2v) is 5.06. The number of H-pyrrole nitrogens is 1. The average molecular weight is 268 g/mol. The smallest absolute Gasteiger partial charge is 0.0998 e. The quantitative estimate of drug-likeness (QED) is 0.526. The third kappa shape index (κ3) is 1.72. The molecule has 4 rings (SSSR count). The van der Waals surface area contributed by atoms with E-state index in [9.17, 15) is 5.26 Å². The van der Waals surface area contributed by atoms with Crippen LogP contribution in [0.5, 0.6) is 0 Å². The number of fused-ring (bicyclic) bond motifs is 3. The molecule has 0 radical (unpaired) electrons. The summed E-state index contributed by atoms with van der Waals surface area (Å²) < 4.78 is 0. The minimum Gasteiger partial charge on any atom is -0.354 e. The normalized spacial score (nSPS) is 10.8. The largest absolute Gasteiger partial charge is 0.354 e. The molecule has 21 heavy (non-hydrogen) atoms. The van der Waals surface area contributed by atoms with Crippen LogP contribution < -0.4 is 0 Å². The number of hydrogen-bond donors (Lipinski definition) is 1. The van der Waals surface area contributed by atoms with E-state index in [-0.39, 0.29) is 0 Å². The summed E-state index contributed by atoms with van der Waals surface area (Å²) in [6.07, 6.45) is 0. The van der Waals surface area contributed by atoms with Crippen molar-refractivity contribution in [1.82, 2.24) is 4.98 Å². The highest BCUT2D eigenvalue weighted by Crippen LogP contribution is 2.35. The van der Waals surface area contributed by atoms with Crippen molar-refractivity contribution < 1.29 is 0 Å². The second-order valence-electron chi connectivity index (χ2n) is 5.06. The van der Waals surface area contributed by atoms with Crippen LogP contribution in [0.2, 0.25) is 0 Å². The Morgan fingerprint density at radius 2 is 1.52 bits per heavy atom. The van der Waals surface area contributed by atoms with E-state index in [0.29, 0.717) is 5.56 Å². The van der Waals surface area contributed by atoms with Gasteiger partial charge in [-0.15, -0.1) is 0 Å². The van der Waals surface area contributed by atoms with E-state index < -0.39 is 0 Å². The van der Waals surface area contributed by atoms with Crippen LogP contribution >= 0.6 is 0 Å². The zero-order valence-electron chi connectivity index (χ0n) is 11.3. The molecule has 0 aliphatic carbocycles. The SMILES string of the molecule is N#Cc1ccc2c([nH]c3ccccc32)c1-c1ccccc1. The lowest BCUT2D eigenvalue weighted by atomic mass is 9.97. The van der Waals surface area contributed by atoms with Gasteiger partial charge >= 0.3 is 0 Å². The van der Waals surface area contributed by atoms with Gasteiger partial charge in [-0.2, -0.15) is 5.26 Å². The van der Waals surface area contributed by atoms with Gasteiger partial charge in [0.25, 0.3) is 0 Å². The van der Waals surface area contributed by atoms with Crippen molar-refractivity contribution in [1.29, 1.82) is 5.26 Å². The Kier molecular flexibility index (Phi) is 2.52. The number of hydrogen-bond acceptors (Lipinski definition) is 1. The third-order valence-electron chi connectivity index (χ3n) is 3.87. The van der Waals surface area contributed by atoms with Gasteiger partial charge in [0, 0.05) is 21.9 Å². The highest BCUT2D eigenvalue weighted by molar-refractivity contribution is 6.12. The van der Waals surface area contributed by atoms with Gasteiger partial charge in [0.15, 0.2) is 0 Å². The first-order valence-electron chi connectivity index (χ1n) is 6.87. The first-order chi connectivity index (χ1) is 10.4. The maximum atomic E-state index is 9.45. The molecule has 0 aliphatic heterocycles. The Bertz CT molecular complexity index is 989. The Hall–Kier alpha value is -3.05. The zero-order chi connectivity index (χ0) is 14.2. The van der Waals surface area contributed by atoms with Gasteiger partial charge in [-0.1, -0.05) is 54.6 Å². The number of nitriles is 1. The molecule has 98 valence electrons. The van der Waals surface area contributed by atoms with Gasteiger partial charge in [0.2, 0.25) is 0 Å². The summed E-state index contributed by atoms with van der Waals surface area (Å²) in [7, 11) is 0. The van der Waals surface area contributed by atoms with Gasteiger partial charge < -0.3 is 4.98 Å². The molecular formula is C19H12N2. The van der Waals surface area contributed by atoms with Crippen LogP contribution in [0.25, 0.3) is 32.9 Å². The van der Waals surface area contributed by atoms with E-state index in [4.69, 9.17) is 0 Å². The minimum absolute atomic E-state index is 0.695. The lowest BCUT2D eigenvalue weighted by Gasteiger charge is -2.06. The fourth-order valence-electron chi connectivity index (χ4n) is 2.92. The molecule has 2 heteroatoms. The van der Waals surface area contributed by atoms with Crippen molar-refractivity contribution >= 4 is 21.8 Å². The third-order valence-corrected chi connectivity index (χ3v) is 3.87. The van der Waals surface area contributed by atoms with Gasteiger partial charge in [0.05, 0.1) is 17.1 Å². The molecule has 1 heterocycles. The number of nitrogens with zero attached hydrogens (tertiary/aromatic N) is 1. The van der Waals surface area contributed by atoms with Crippen molar-refractivity contribution in [2.24, 2.45) is 0 Å². The van der Waals surface area contributed by atoms with Gasteiger partial charge in [-0.25, -0.2) is 0 Å². The lowest BCUT2D eigenvalue weighted by molar-refractivity contribution is 1.47. The summed E-state index contributed by atoms with van der Waals surface area (Å²) in [5.41, 5.74) is 4.86. The zero-order valence-corrected chi connectivity index (χ0v) is 11.3. The molecule has 0 amide bonds. The molecule has 0 atom stereocenters. The molecule has 2 nitrogen and oxygen atoms in total. The van der Waals surface area contributed by atoms with Gasteiger partial charge in [-0.3, -0.25) is 0 Å². The maximum Gasteiger partial charge on any atom is 0.0998 e. The predicted molar refractivity (Wildman–Crippen MR) is 86.0 cm³/mol. The molecule has 3 aromatic carbocycles. The average Bonchev–Trinajstić information content (AvgIpc) is 2.93. The molecular weight excluding hydrogens is 256 g/mol. The molecule has 0 saturated carbocycles. The first kappa shape index (κ1) is 11.7. The Morgan fingerprint density at radius 3 is 2.33 bits per heavy atom. The van der Waals surface area contributed by atoms with Crippen LogP contribution in [-0.2, 0) is 0 Å². The van der Waals surface area contributed by atoms with Crippen molar-refractivity contribution in [2.45, 2.75) is 0 Å². The second kappa shape index (κ2) is 4.50. The molecule has 0 saturated heterocycles. The standard InChI is InChI=1S/C19H12N2/c20-12-14-10-11-16-15-8-4-5-9-17(15)21-19(16)18(14)13-6-2-1-3-7-13/h1-11,21H. The topological polar surface area (TPSA) is 39.6 Å². The number of aromatic amines is 1. The van der Waals surface area contributed by atoms with E-state index in [1.54, 1.807) is 0 Å². The van der Waals surface area contributed by atoms with Crippen LogP contribution in [0.4, 0.5) is 0 Å². The predicted octanol–water partition coefficient (Wildman–Crippen LogP) is 4.86. The van der Waals surface area contributed by atoms with Crippen molar-refractivity contribution in [2.75, 3.05) is 0 Å². The highest BCUT2D eigenvalue weighted by Gasteiger charge is 2.13. The van der Waals surface area contributed by atoms with Crippen LogP contribution in [0, 0.1) is 11.3 Å². The van der Waals surface area contributed by atoms with Crippen LogP contribution in [0.3, 0.4) is 0 Å².